The molecule has 1 aliphatic heterocycles. The van der Waals surface area contributed by atoms with Crippen LogP contribution in [0.2, 0.25) is 0 Å². The fourth-order valence-electron chi connectivity index (χ4n) is 3.03. The summed E-state index contributed by atoms with van der Waals surface area (Å²) in [6.45, 7) is 7.34. The number of hydrogen-bond acceptors (Lipinski definition) is 1. The molecule has 1 atom stereocenters. The van der Waals surface area contributed by atoms with Crippen LogP contribution in [0.5, 0.6) is 5.75 Å². The summed E-state index contributed by atoms with van der Waals surface area (Å²) >= 11 is 0. The maximum atomic E-state index is 7.34. The highest BCUT2D eigenvalue weighted by Gasteiger charge is 2.45. The minimum Gasteiger partial charge on any atom is -0.486 e. The van der Waals surface area contributed by atoms with Crippen LogP contribution in [0, 0.1) is 6.57 Å². The largest absolute Gasteiger partial charge is 0.486 e. The van der Waals surface area contributed by atoms with Crippen LogP contribution in [0.25, 0.3) is 4.85 Å². The van der Waals surface area contributed by atoms with E-state index in [1.54, 1.807) is 0 Å². The van der Waals surface area contributed by atoms with Gasteiger partial charge in [-0.1, -0.05) is 12.1 Å². The molecule has 2 heteroatoms. The zero-order chi connectivity index (χ0) is 11.0. The van der Waals surface area contributed by atoms with E-state index in [2.05, 4.69) is 4.85 Å². The Morgan fingerprint density at radius 2 is 2.00 bits per heavy atom. The van der Waals surface area contributed by atoms with E-state index < -0.39 is 0 Å². The molecule has 1 aromatic rings. The maximum Gasteiger partial charge on any atom is 0.256 e. The lowest BCUT2D eigenvalue weighted by atomic mass is 9.86. The van der Waals surface area contributed by atoms with Crippen LogP contribution in [0.15, 0.2) is 24.3 Å². The van der Waals surface area contributed by atoms with Crippen molar-refractivity contribution < 1.29 is 4.74 Å². The Bertz CT molecular complexity index is 440. The molecule has 2 nitrogen and oxygen atoms in total. The minimum absolute atomic E-state index is 0.00282. The van der Waals surface area contributed by atoms with Gasteiger partial charge in [0.15, 0.2) is 0 Å². The summed E-state index contributed by atoms with van der Waals surface area (Å²) < 4.78 is 6.17. The predicted octanol–water partition coefficient (Wildman–Crippen LogP) is 3.74. The van der Waals surface area contributed by atoms with E-state index in [0.29, 0.717) is 0 Å². The van der Waals surface area contributed by atoms with Crippen LogP contribution >= 0.6 is 0 Å². The number of para-hydroxylation sites is 1. The molecule has 1 spiro atoms. The topological polar surface area (TPSA) is 13.6 Å². The van der Waals surface area contributed by atoms with Gasteiger partial charge in [-0.25, -0.2) is 6.57 Å². The first-order valence-electron chi connectivity index (χ1n) is 5.97. The van der Waals surface area contributed by atoms with Crippen molar-refractivity contribution in [2.75, 3.05) is 0 Å². The molecule has 1 heterocycles. The third-order valence-corrected chi connectivity index (χ3v) is 3.84. The first kappa shape index (κ1) is 9.72. The molecule has 16 heavy (non-hydrogen) atoms. The number of hydrogen-bond donors (Lipinski definition) is 0. The molecule has 3 rings (SSSR count). The molecule has 1 unspecified atom stereocenters. The van der Waals surface area contributed by atoms with Gasteiger partial charge in [0.2, 0.25) is 0 Å². The van der Waals surface area contributed by atoms with Crippen LogP contribution < -0.4 is 4.74 Å². The van der Waals surface area contributed by atoms with Crippen LogP contribution in [-0.2, 0) is 0 Å². The Morgan fingerprint density at radius 3 is 2.75 bits per heavy atom. The minimum atomic E-state index is -0.0242. The molecule has 0 amide bonds. The summed E-state index contributed by atoms with van der Waals surface area (Å²) in [7, 11) is 0. The van der Waals surface area contributed by atoms with Gasteiger partial charge in [0.25, 0.3) is 6.04 Å². The number of rotatable bonds is 0. The summed E-state index contributed by atoms with van der Waals surface area (Å²) in [5.41, 5.74) is 1.05. The zero-order valence-electron chi connectivity index (χ0n) is 9.28. The van der Waals surface area contributed by atoms with Crippen molar-refractivity contribution in [3.63, 3.8) is 0 Å². The van der Waals surface area contributed by atoms with Gasteiger partial charge in [-0.3, -0.25) is 0 Å². The third kappa shape index (κ3) is 1.39. The lowest BCUT2D eigenvalue weighted by molar-refractivity contribution is 0.0473. The second kappa shape index (κ2) is 3.52. The fourth-order valence-corrected chi connectivity index (χ4v) is 3.03. The average molecular weight is 213 g/mol. The van der Waals surface area contributed by atoms with Gasteiger partial charge in [0, 0.05) is 0 Å². The Balaban J connectivity index is 2.02. The molecule has 0 aromatic heterocycles. The molecule has 0 N–H and O–H groups in total. The van der Waals surface area contributed by atoms with Crippen LogP contribution in [0.1, 0.15) is 43.7 Å². The average Bonchev–Trinajstić information content (AvgIpc) is 2.76. The molecular weight excluding hydrogens is 198 g/mol. The summed E-state index contributed by atoms with van der Waals surface area (Å²) in [6, 6.07) is 8.02. The first-order chi connectivity index (χ1) is 7.83. The lowest BCUT2D eigenvalue weighted by Crippen LogP contribution is -2.37. The molecule has 1 fully saturated rings. The Labute approximate surface area is 96.1 Å². The summed E-state index contributed by atoms with van der Waals surface area (Å²) in [5.74, 6) is 0.941. The Kier molecular flexibility index (Phi) is 2.14. The number of fused-ring (bicyclic) bond motifs is 1. The normalized spacial score (nSPS) is 25.8. The van der Waals surface area contributed by atoms with Gasteiger partial charge in [-0.15, -0.1) is 0 Å². The monoisotopic (exact) mass is 213 g/mol. The van der Waals surface area contributed by atoms with E-state index >= 15 is 0 Å². The molecule has 1 aromatic carbocycles. The molecule has 2 aliphatic rings. The Hall–Kier alpha value is -1.49. The smallest absolute Gasteiger partial charge is 0.256 e. The molecule has 0 bridgehead atoms. The number of ether oxygens (including phenoxy) is 1. The second-order valence-corrected chi connectivity index (χ2v) is 4.88. The van der Waals surface area contributed by atoms with Crippen molar-refractivity contribution in [2.45, 2.75) is 43.7 Å². The maximum absolute atomic E-state index is 7.34. The highest BCUT2D eigenvalue weighted by atomic mass is 16.5. The lowest BCUT2D eigenvalue weighted by Gasteiger charge is -2.35. The van der Waals surface area contributed by atoms with Crippen LogP contribution in [-0.4, -0.2) is 5.60 Å². The van der Waals surface area contributed by atoms with E-state index in [0.717, 1.165) is 30.6 Å². The van der Waals surface area contributed by atoms with E-state index in [4.69, 9.17) is 11.3 Å². The van der Waals surface area contributed by atoms with Crippen molar-refractivity contribution in [3.8, 4) is 5.75 Å². The summed E-state index contributed by atoms with van der Waals surface area (Å²) in [5, 5.41) is 0. The standard InChI is InChI=1S/C14H15NO/c1-15-12-10-14(8-4-5-9-14)16-13-7-3-2-6-11(12)13/h2-3,6-7,12H,4-5,8-10H2. The molecule has 0 saturated heterocycles. The number of nitrogens with zero attached hydrogens (tertiary/aromatic N) is 1. The SMILES string of the molecule is [C-]#[N+]C1CC2(CCCC2)Oc2ccccc21. The van der Waals surface area contributed by atoms with Gasteiger partial charge < -0.3 is 9.58 Å². The summed E-state index contributed by atoms with van der Waals surface area (Å²) in [6.07, 6.45) is 5.61. The molecular formula is C14H15NO. The van der Waals surface area contributed by atoms with E-state index in [1.807, 2.05) is 24.3 Å². The fraction of sp³-hybridized carbons (Fsp3) is 0.500. The summed E-state index contributed by atoms with van der Waals surface area (Å²) in [4.78, 5) is 3.78. The molecule has 1 aliphatic carbocycles. The highest BCUT2D eigenvalue weighted by molar-refractivity contribution is 5.40. The van der Waals surface area contributed by atoms with E-state index in [9.17, 15) is 0 Å². The molecule has 1 saturated carbocycles. The number of benzene rings is 1. The predicted molar refractivity (Wildman–Crippen MR) is 62.2 cm³/mol. The Morgan fingerprint density at radius 1 is 1.25 bits per heavy atom. The third-order valence-electron chi connectivity index (χ3n) is 3.84. The van der Waals surface area contributed by atoms with E-state index in [-0.39, 0.29) is 11.6 Å². The van der Waals surface area contributed by atoms with Crippen LogP contribution in [0.3, 0.4) is 0 Å². The van der Waals surface area contributed by atoms with Crippen molar-refractivity contribution in [1.82, 2.24) is 0 Å². The van der Waals surface area contributed by atoms with Crippen molar-refractivity contribution >= 4 is 0 Å². The molecule has 82 valence electrons. The van der Waals surface area contributed by atoms with Crippen molar-refractivity contribution in [1.29, 1.82) is 0 Å². The van der Waals surface area contributed by atoms with Crippen LogP contribution in [0.4, 0.5) is 0 Å². The molecule has 0 radical (unpaired) electrons. The first-order valence-corrected chi connectivity index (χ1v) is 5.97. The van der Waals surface area contributed by atoms with Gasteiger partial charge >= 0.3 is 0 Å². The van der Waals surface area contributed by atoms with Crippen molar-refractivity contribution in [3.05, 3.63) is 41.2 Å². The second-order valence-electron chi connectivity index (χ2n) is 4.88. The van der Waals surface area contributed by atoms with E-state index in [1.165, 1.54) is 12.8 Å². The van der Waals surface area contributed by atoms with Gasteiger partial charge in [0.1, 0.15) is 11.4 Å². The quantitative estimate of drug-likeness (QED) is 0.598. The van der Waals surface area contributed by atoms with Gasteiger partial charge in [0.05, 0.1) is 12.0 Å². The zero-order valence-corrected chi connectivity index (χ0v) is 9.28. The van der Waals surface area contributed by atoms with Gasteiger partial charge in [-0.05, 0) is 37.8 Å². The van der Waals surface area contributed by atoms with Gasteiger partial charge in [-0.2, -0.15) is 0 Å². The highest BCUT2D eigenvalue weighted by Crippen LogP contribution is 2.48. The van der Waals surface area contributed by atoms with Crippen molar-refractivity contribution in [2.24, 2.45) is 0 Å².